The largest absolute Gasteiger partial charge is 0.297 e. The molecule has 1 N–H and O–H groups in total. The molecule has 0 fully saturated rings. The summed E-state index contributed by atoms with van der Waals surface area (Å²) in [5.41, 5.74) is 1.47. The van der Waals surface area contributed by atoms with E-state index in [1.807, 2.05) is 12.3 Å². The molecule has 8 heteroatoms. The zero-order valence-electron chi connectivity index (χ0n) is 11.3. The highest BCUT2D eigenvalue weighted by molar-refractivity contribution is 7.15. The lowest BCUT2D eigenvalue weighted by Crippen LogP contribution is -2.09. The number of halogens is 2. The Kier molecular flexibility index (Phi) is 4.44. The molecule has 0 saturated heterocycles. The van der Waals surface area contributed by atoms with Crippen molar-refractivity contribution in [2.45, 2.75) is 6.92 Å². The van der Waals surface area contributed by atoms with E-state index in [0.29, 0.717) is 25.7 Å². The maximum absolute atomic E-state index is 12.1. The van der Waals surface area contributed by atoms with Crippen LogP contribution in [0.4, 0.5) is 5.13 Å². The first-order valence-electron chi connectivity index (χ1n) is 6.17. The van der Waals surface area contributed by atoms with Gasteiger partial charge in [0.15, 0.2) is 5.13 Å². The third-order valence-corrected chi connectivity index (χ3v) is 4.99. The lowest BCUT2D eigenvalue weighted by molar-refractivity contribution is 0.103. The second kappa shape index (κ2) is 6.34. The highest BCUT2D eigenvalue weighted by Gasteiger charge is 2.13. The topological polar surface area (TPSA) is 54.9 Å². The Balaban J connectivity index is 1.80. The summed E-state index contributed by atoms with van der Waals surface area (Å²) < 4.78 is 0. The molecule has 1 amide bonds. The standard InChI is InChI=1S/C14H9Cl2N3OS2/c1-7-17-5-12(22-7)13(20)19-14-18-11(6-21-14)9-3-2-8(15)4-10(9)16/h2-6H,1H3,(H,18,19,20). The van der Waals surface area contributed by atoms with Gasteiger partial charge in [0.2, 0.25) is 0 Å². The van der Waals surface area contributed by atoms with E-state index in [1.165, 1.54) is 22.7 Å². The number of nitrogens with zero attached hydrogens (tertiary/aromatic N) is 2. The molecule has 0 aliphatic rings. The van der Waals surface area contributed by atoms with Gasteiger partial charge in [-0.1, -0.05) is 23.2 Å². The van der Waals surface area contributed by atoms with Crippen molar-refractivity contribution >= 4 is 56.9 Å². The normalized spacial score (nSPS) is 10.7. The first kappa shape index (κ1) is 15.4. The van der Waals surface area contributed by atoms with E-state index in [4.69, 9.17) is 23.2 Å². The SMILES string of the molecule is Cc1ncc(C(=O)Nc2nc(-c3ccc(Cl)cc3Cl)cs2)s1. The Hall–Kier alpha value is -1.47. The second-order valence-corrected chi connectivity index (χ2v) is 7.30. The number of hydrogen-bond donors (Lipinski definition) is 1. The van der Waals surface area contributed by atoms with Gasteiger partial charge in [0.25, 0.3) is 5.91 Å². The van der Waals surface area contributed by atoms with Crippen molar-refractivity contribution in [3.8, 4) is 11.3 Å². The van der Waals surface area contributed by atoms with Crippen LogP contribution < -0.4 is 5.32 Å². The van der Waals surface area contributed by atoms with Gasteiger partial charge in [0.1, 0.15) is 4.88 Å². The molecule has 0 aliphatic heterocycles. The van der Waals surface area contributed by atoms with Crippen LogP contribution in [-0.4, -0.2) is 15.9 Å². The molecule has 0 unspecified atom stereocenters. The van der Waals surface area contributed by atoms with Crippen LogP contribution >= 0.6 is 45.9 Å². The summed E-state index contributed by atoms with van der Waals surface area (Å²) in [7, 11) is 0. The van der Waals surface area contributed by atoms with Crippen LogP contribution in [-0.2, 0) is 0 Å². The van der Waals surface area contributed by atoms with Crippen molar-refractivity contribution in [1.29, 1.82) is 0 Å². The molecule has 3 aromatic rings. The van der Waals surface area contributed by atoms with Gasteiger partial charge in [-0.25, -0.2) is 9.97 Å². The van der Waals surface area contributed by atoms with E-state index >= 15 is 0 Å². The number of carbonyl (C=O) groups is 1. The molecule has 0 aliphatic carbocycles. The summed E-state index contributed by atoms with van der Waals surface area (Å²) in [6, 6.07) is 5.22. The third kappa shape index (κ3) is 3.30. The molecule has 0 bridgehead atoms. The van der Waals surface area contributed by atoms with E-state index < -0.39 is 0 Å². The maximum atomic E-state index is 12.1. The summed E-state index contributed by atoms with van der Waals surface area (Å²) in [4.78, 5) is 21.1. The Bertz CT molecular complexity index is 844. The van der Waals surface area contributed by atoms with Crippen LogP contribution in [0.5, 0.6) is 0 Å². The average Bonchev–Trinajstić information content (AvgIpc) is 3.08. The van der Waals surface area contributed by atoms with E-state index in [0.717, 1.165) is 10.6 Å². The maximum Gasteiger partial charge on any atom is 0.269 e. The van der Waals surface area contributed by atoms with E-state index in [1.54, 1.807) is 24.4 Å². The zero-order chi connectivity index (χ0) is 15.7. The summed E-state index contributed by atoms with van der Waals surface area (Å²) in [6.45, 7) is 1.85. The first-order valence-corrected chi connectivity index (χ1v) is 8.63. The van der Waals surface area contributed by atoms with Crippen LogP contribution in [0.25, 0.3) is 11.3 Å². The average molecular weight is 370 g/mol. The van der Waals surface area contributed by atoms with Gasteiger partial charge < -0.3 is 0 Å². The van der Waals surface area contributed by atoms with Crippen molar-refractivity contribution in [1.82, 2.24) is 9.97 Å². The molecule has 22 heavy (non-hydrogen) atoms. The third-order valence-electron chi connectivity index (χ3n) is 2.78. The number of aromatic nitrogens is 2. The van der Waals surface area contributed by atoms with Crippen LogP contribution in [0.1, 0.15) is 14.7 Å². The Morgan fingerprint density at radius 3 is 2.82 bits per heavy atom. The van der Waals surface area contributed by atoms with Crippen molar-refractivity contribution in [3.05, 3.63) is 49.7 Å². The molecule has 1 aromatic carbocycles. The number of nitrogens with one attached hydrogen (secondary N) is 1. The molecule has 2 heterocycles. The minimum Gasteiger partial charge on any atom is -0.297 e. The summed E-state index contributed by atoms with van der Waals surface area (Å²) in [6.07, 6.45) is 1.56. The smallest absolute Gasteiger partial charge is 0.269 e. The van der Waals surface area contributed by atoms with Crippen LogP contribution in [0.2, 0.25) is 10.0 Å². The van der Waals surface area contributed by atoms with Crippen LogP contribution in [0.3, 0.4) is 0 Å². The fourth-order valence-corrected chi connectivity index (χ4v) is 3.66. The summed E-state index contributed by atoms with van der Waals surface area (Å²) in [5.74, 6) is -0.214. The fraction of sp³-hybridized carbons (Fsp3) is 0.0714. The van der Waals surface area contributed by atoms with Crippen LogP contribution in [0, 0.1) is 6.92 Å². The highest BCUT2D eigenvalue weighted by atomic mass is 35.5. The minimum absolute atomic E-state index is 0.214. The zero-order valence-corrected chi connectivity index (χ0v) is 14.4. The number of rotatable bonds is 3. The number of thiazole rings is 2. The van der Waals surface area contributed by atoms with Crippen molar-refractivity contribution in [3.63, 3.8) is 0 Å². The molecule has 0 saturated carbocycles. The molecular weight excluding hydrogens is 361 g/mol. The number of anilines is 1. The lowest BCUT2D eigenvalue weighted by Gasteiger charge is -2.01. The number of benzene rings is 1. The number of hydrogen-bond acceptors (Lipinski definition) is 5. The molecule has 0 radical (unpaired) electrons. The van der Waals surface area contributed by atoms with E-state index in [2.05, 4.69) is 15.3 Å². The molecular formula is C14H9Cl2N3OS2. The summed E-state index contributed by atoms with van der Waals surface area (Å²) >= 11 is 14.7. The predicted octanol–water partition coefficient (Wildman–Crippen LogP) is 5.13. The Labute approximate surface area is 144 Å². The fourth-order valence-electron chi connectivity index (χ4n) is 1.78. The monoisotopic (exact) mass is 369 g/mol. The predicted molar refractivity (Wildman–Crippen MR) is 92.4 cm³/mol. The molecule has 0 atom stereocenters. The van der Waals surface area contributed by atoms with E-state index in [-0.39, 0.29) is 5.91 Å². The van der Waals surface area contributed by atoms with Gasteiger partial charge in [0, 0.05) is 16.0 Å². The molecule has 3 rings (SSSR count). The van der Waals surface area contributed by atoms with E-state index in [9.17, 15) is 4.79 Å². The van der Waals surface area contributed by atoms with Gasteiger partial charge in [-0.05, 0) is 25.1 Å². The van der Waals surface area contributed by atoms with Crippen LogP contribution in [0.15, 0.2) is 29.8 Å². The number of amides is 1. The highest BCUT2D eigenvalue weighted by Crippen LogP contribution is 2.32. The lowest BCUT2D eigenvalue weighted by atomic mass is 10.2. The Morgan fingerprint density at radius 2 is 2.14 bits per heavy atom. The first-order chi connectivity index (χ1) is 10.5. The van der Waals surface area contributed by atoms with Gasteiger partial charge in [-0.15, -0.1) is 22.7 Å². The Morgan fingerprint density at radius 1 is 1.32 bits per heavy atom. The van der Waals surface area contributed by atoms with Gasteiger partial charge in [0.05, 0.1) is 21.9 Å². The quantitative estimate of drug-likeness (QED) is 0.695. The van der Waals surface area contributed by atoms with Gasteiger partial charge in [-0.3, -0.25) is 10.1 Å². The summed E-state index contributed by atoms with van der Waals surface area (Å²) in [5, 5.41) is 7.04. The van der Waals surface area contributed by atoms with Crippen molar-refractivity contribution < 1.29 is 4.79 Å². The van der Waals surface area contributed by atoms with Gasteiger partial charge in [-0.2, -0.15) is 0 Å². The van der Waals surface area contributed by atoms with Crippen molar-refractivity contribution in [2.75, 3.05) is 5.32 Å². The van der Waals surface area contributed by atoms with Gasteiger partial charge >= 0.3 is 0 Å². The molecule has 4 nitrogen and oxygen atoms in total. The van der Waals surface area contributed by atoms with Crippen molar-refractivity contribution in [2.24, 2.45) is 0 Å². The number of carbonyl (C=O) groups excluding carboxylic acids is 1. The molecule has 112 valence electrons. The second-order valence-electron chi connectivity index (χ2n) is 4.36. The number of aryl methyl sites for hydroxylation is 1. The molecule has 2 aromatic heterocycles. The minimum atomic E-state index is -0.214. The molecule has 0 spiro atoms.